The van der Waals surface area contributed by atoms with E-state index in [-0.39, 0.29) is 12.1 Å². The van der Waals surface area contributed by atoms with E-state index in [2.05, 4.69) is 4.74 Å². The molecule has 0 fully saturated rings. The lowest BCUT2D eigenvalue weighted by atomic mass is 10.3. The Morgan fingerprint density at radius 1 is 0.929 bits per heavy atom. The molecule has 0 atom stereocenters. The van der Waals surface area contributed by atoms with E-state index in [4.69, 9.17) is 0 Å². The largest absolute Gasteiger partial charge is 0.573 e. The second kappa shape index (κ2) is 3.39. The molecule has 0 aliphatic carbocycles. The standard InChI is InChI=1S/C7H2F6O/c8-4-1-3(14-7(11,12)13)2-5(9)6(4)10/h1-2H. The predicted octanol–water partition coefficient (Wildman–Crippen LogP) is 3.00. The van der Waals surface area contributed by atoms with Gasteiger partial charge in [-0.1, -0.05) is 0 Å². The van der Waals surface area contributed by atoms with Gasteiger partial charge in [0.05, 0.1) is 0 Å². The molecular formula is C7H2F6O. The summed E-state index contributed by atoms with van der Waals surface area (Å²) in [5.74, 6) is -6.48. The van der Waals surface area contributed by atoms with Gasteiger partial charge in [0, 0.05) is 12.1 Å². The van der Waals surface area contributed by atoms with Crippen LogP contribution in [0.2, 0.25) is 0 Å². The van der Waals surface area contributed by atoms with E-state index in [1.165, 1.54) is 0 Å². The molecule has 1 aromatic rings. The van der Waals surface area contributed by atoms with Crippen LogP contribution in [0.5, 0.6) is 5.75 Å². The molecule has 0 aliphatic heterocycles. The quantitative estimate of drug-likeness (QED) is 0.517. The molecule has 0 aromatic heterocycles. The topological polar surface area (TPSA) is 9.23 Å². The van der Waals surface area contributed by atoms with Crippen LogP contribution in [-0.4, -0.2) is 6.36 Å². The van der Waals surface area contributed by atoms with Crippen LogP contribution in [0, 0.1) is 17.5 Å². The fourth-order valence-electron chi connectivity index (χ4n) is 0.725. The number of halogens is 6. The molecule has 0 saturated heterocycles. The van der Waals surface area contributed by atoms with Crippen molar-refractivity contribution >= 4 is 0 Å². The lowest BCUT2D eigenvalue weighted by molar-refractivity contribution is -0.274. The van der Waals surface area contributed by atoms with Crippen molar-refractivity contribution in [2.24, 2.45) is 0 Å². The van der Waals surface area contributed by atoms with Crippen LogP contribution in [-0.2, 0) is 0 Å². The van der Waals surface area contributed by atoms with Gasteiger partial charge in [-0.25, -0.2) is 13.2 Å². The monoisotopic (exact) mass is 216 g/mol. The highest BCUT2D eigenvalue weighted by atomic mass is 19.4. The molecular weight excluding hydrogens is 214 g/mol. The summed E-state index contributed by atoms with van der Waals surface area (Å²) in [6.45, 7) is 0. The molecule has 0 radical (unpaired) electrons. The lowest BCUT2D eigenvalue weighted by Gasteiger charge is -2.08. The third-order valence-corrected chi connectivity index (χ3v) is 1.19. The van der Waals surface area contributed by atoms with Crippen molar-refractivity contribution in [2.45, 2.75) is 6.36 Å². The third-order valence-electron chi connectivity index (χ3n) is 1.19. The molecule has 0 unspecified atom stereocenters. The summed E-state index contributed by atoms with van der Waals surface area (Å²) in [4.78, 5) is 0. The molecule has 14 heavy (non-hydrogen) atoms. The number of rotatable bonds is 1. The molecule has 0 aliphatic rings. The minimum Gasteiger partial charge on any atom is -0.406 e. The highest BCUT2D eigenvalue weighted by molar-refractivity contribution is 5.25. The minimum absolute atomic E-state index is 0.103. The van der Waals surface area contributed by atoms with Gasteiger partial charge in [-0.2, -0.15) is 0 Å². The first-order valence-electron chi connectivity index (χ1n) is 3.20. The Hall–Kier alpha value is -1.40. The van der Waals surface area contributed by atoms with E-state index in [1.807, 2.05) is 0 Å². The van der Waals surface area contributed by atoms with Gasteiger partial charge in [0.1, 0.15) is 5.75 Å². The maximum absolute atomic E-state index is 12.4. The zero-order valence-electron chi connectivity index (χ0n) is 6.33. The molecule has 1 nitrogen and oxygen atoms in total. The first-order chi connectivity index (χ1) is 6.29. The zero-order valence-corrected chi connectivity index (χ0v) is 6.33. The summed E-state index contributed by atoms with van der Waals surface area (Å²) >= 11 is 0. The van der Waals surface area contributed by atoms with E-state index in [1.54, 1.807) is 0 Å². The average molecular weight is 216 g/mol. The van der Waals surface area contributed by atoms with Crippen LogP contribution in [0.25, 0.3) is 0 Å². The zero-order chi connectivity index (χ0) is 10.9. The van der Waals surface area contributed by atoms with Crippen LogP contribution >= 0.6 is 0 Å². The highest BCUT2D eigenvalue weighted by Crippen LogP contribution is 2.25. The normalized spacial score (nSPS) is 11.6. The van der Waals surface area contributed by atoms with Crippen molar-refractivity contribution in [1.82, 2.24) is 0 Å². The summed E-state index contributed by atoms with van der Waals surface area (Å²) in [5, 5.41) is 0. The van der Waals surface area contributed by atoms with Crippen molar-refractivity contribution in [1.29, 1.82) is 0 Å². The summed E-state index contributed by atoms with van der Waals surface area (Å²) < 4.78 is 74.8. The van der Waals surface area contributed by atoms with E-state index in [9.17, 15) is 26.3 Å². The van der Waals surface area contributed by atoms with Crippen molar-refractivity contribution in [2.75, 3.05) is 0 Å². The third kappa shape index (κ3) is 2.54. The first-order valence-corrected chi connectivity index (χ1v) is 3.20. The molecule has 0 heterocycles. The fourth-order valence-corrected chi connectivity index (χ4v) is 0.725. The first kappa shape index (κ1) is 10.7. The number of alkyl halides is 3. The SMILES string of the molecule is Fc1cc(OC(F)(F)F)cc(F)c1F. The highest BCUT2D eigenvalue weighted by Gasteiger charge is 2.31. The maximum atomic E-state index is 12.4. The predicted molar refractivity (Wildman–Crippen MR) is 33.0 cm³/mol. The number of hydrogen-bond donors (Lipinski definition) is 0. The molecule has 0 saturated carbocycles. The number of ether oxygens (including phenoxy) is 1. The fraction of sp³-hybridized carbons (Fsp3) is 0.143. The molecule has 0 amide bonds. The molecule has 7 heteroatoms. The van der Waals surface area contributed by atoms with Gasteiger partial charge in [0.2, 0.25) is 0 Å². The Morgan fingerprint density at radius 2 is 1.36 bits per heavy atom. The number of hydrogen-bond acceptors (Lipinski definition) is 1. The van der Waals surface area contributed by atoms with Crippen LogP contribution in [0.3, 0.4) is 0 Å². The van der Waals surface area contributed by atoms with Gasteiger partial charge in [-0.05, 0) is 0 Å². The molecule has 1 aromatic carbocycles. The van der Waals surface area contributed by atoms with Crippen molar-refractivity contribution in [3.8, 4) is 5.75 Å². The summed E-state index contributed by atoms with van der Waals surface area (Å²) in [7, 11) is 0. The average Bonchev–Trinajstić information content (AvgIpc) is 1.96. The Morgan fingerprint density at radius 3 is 1.71 bits per heavy atom. The smallest absolute Gasteiger partial charge is 0.406 e. The van der Waals surface area contributed by atoms with E-state index in [0.29, 0.717) is 0 Å². The van der Waals surface area contributed by atoms with E-state index in [0.717, 1.165) is 0 Å². The van der Waals surface area contributed by atoms with Crippen LogP contribution < -0.4 is 4.74 Å². The van der Waals surface area contributed by atoms with Crippen LogP contribution in [0.1, 0.15) is 0 Å². The second-order valence-electron chi connectivity index (χ2n) is 2.25. The number of benzene rings is 1. The Balaban J connectivity index is 3.02. The van der Waals surface area contributed by atoms with Crippen LogP contribution in [0.15, 0.2) is 12.1 Å². The Kier molecular flexibility index (Phi) is 2.59. The van der Waals surface area contributed by atoms with Crippen molar-refractivity contribution in [3.05, 3.63) is 29.6 Å². The van der Waals surface area contributed by atoms with E-state index < -0.39 is 29.6 Å². The Bertz CT molecular complexity index is 322. The van der Waals surface area contributed by atoms with Gasteiger partial charge < -0.3 is 4.74 Å². The van der Waals surface area contributed by atoms with Gasteiger partial charge in [0.15, 0.2) is 17.5 Å². The minimum atomic E-state index is -5.07. The van der Waals surface area contributed by atoms with Crippen LogP contribution in [0.4, 0.5) is 26.3 Å². The van der Waals surface area contributed by atoms with Gasteiger partial charge in [0.25, 0.3) is 0 Å². The molecule has 78 valence electrons. The van der Waals surface area contributed by atoms with Crippen molar-refractivity contribution < 1.29 is 31.1 Å². The maximum Gasteiger partial charge on any atom is 0.573 e. The van der Waals surface area contributed by atoms with Gasteiger partial charge in [-0.15, -0.1) is 13.2 Å². The summed E-state index contributed by atoms with van der Waals surface area (Å²) in [6.07, 6.45) is -5.07. The summed E-state index contributed by atoms with van der Waals surface area (Å²) in [6, 6.07) is 0.206. The lowest BCUT2D eigenvalue weighted by Crippen LogP contribution is -2.17. The molecule has 0 spiro atoms. The Labute approximate surface area is 73.9 Å². The van der Waals surface area contributed by atoms with E-state index >= 15 is 0 Å². The molecule has 1 rings (SSSR count). The summed E-state index contributed by atoms with van der Waals surface area (Å²) in [5.41, 5.74) is 0. The van der Waals surface area contributed by atoms with Gasteiger partial charge >= 0.3 is 6.36 Å². The van der Waals surface area contributed by atoms with Gasteiger partial charge in [-0.3, -0.25) is 0 Å². The molecule has 0 N–H and O–H groups in total. The van der Waals surface area contributed by atoms with Crippen molar-refractivity contribution in [3.63, 3.8) is 0 Å². The second-order valence-corrected chi connectivity index (χ2v) is 2.25. The molecule has 0 bridgehead atoms.